The number of carbonyl (C=O) groups is 2. The van der Waals surface area contributed by atoms with E-state index in [4.69, 9.17) is 14.3 Å². The van der Waals surface area contributed by atoms with Crippen molar-refractivity contribution >= 4 is 23.0 Å². The maximum absolute atomic E-state index is 11.9. The van der Waals surface area contributed by atoms with Crippen LogP contribution in [0, 0.1) is 0 Å². The molecule has 4 rings (SSSR count). The number of aromatic nitrogens is 1. The minimum atomic E-state index is -0.833. The number of hydrogen-bond acceptors (Lipinski definition) is 5. The van der Waals surface area contributed by atoms with Crippen molar-refractivity contribution in [2.45, 2.75) is 32.0 Å². The van der Waals surface area contributed by atoms with Crippen LogP contribution in [0.4, 0.5) is 0 Å². The van der Waals surface area contributed by atoms with Gasteiger partial charge in [0.15, 0.2) is 5.58 Å². The molecule has 2 fully saturated rings. The number of rotatable bonds is 3. The molecule has 2 bridgehead atoms. The third-order valence-electron chi connectivity index (χ3n) is 4.24. The summed E-state index contributed by atoms with van der Waals surface area (Å²) in [5.74, 6) is -1.05. The van der Waals surface area contributed by atoms with Gasteiger partial charge in [-0.15, -0.1) is 0 Å². The Morgan fingerprint density at radius 1 is 1.33 bits per heavy atom. The fourth-order valence-corrected chi connectivity index (χ4v) is 3.28. The van der Waals surface area contributed by atoms with Crippen molar-refractivity contribution in [1.29, 1.82) is 0 Å². The Morgan fingerprint density at radius 3 is 2.71 bits per heavy atom. The first-order valence-corrected chi connectivity index (χ1v) is 7.78. The molecule has 0 saturated carbocycles. The summed E-state index contributed by atoms with van der Waals surface area (Å²) >= 11 is 0. The molecule has 3 heterocycles. The van der Waals surface area contributed by atoms with Crippen molar-refractivity contribution in [3.05, 3.63) is 34.8 Å². The molecule has 1 aromatic heterocycles. The number of piperazine rings is 1. The first kappa shape index (κ1) is 16.3. The number of nitrogens with zero attached hydrogens (tertiary/aromatic N) is 2. The van der Waals surface area contributed by atoms with Crippen molar-refractivity contribution in [3.63, 3.8) is 0 Å². The summed E-state index contributed by atoms with van der Waals surface area (Å²) in [6.07, 6.45) is 0.889. The van der Waals surface area contributed by atoms with Crippen LogP contribution in [-0.2, 0) is 16.1 Å². The zero-order valence-electron chi connectivity index (χ0n) is 13.3. The van der Waals surface area contributed by atoms with Gasteiger partial charge in [0.1, 0.15) is 0 Å². The van der Waals surface area contributed by atoms with Gasteiger partial charge in [-0.3, -0.25) is 19.1 Å². The number of nitrogens with one attached hydrogen (secondary N) is 1. The van der Waals surface area contributed by atoms with Crippen molar-refractivity contribution < 1.29 is 19.1 Å². The Labute approximate surface area is 137 Å². The molecule has 24 heavy (non-hydrogen) atoms. The van der Waals surface area contributed by atoms with Crippen molar-refractivity contribution in [1.82, 2.24) is 14.8 Å². The van der Waals surface area contributed by atoms with E-state index in [-0.39, 0.29) is 23.7 Å². The van der Waals surface area contributed by atoms with E-state index >= 15 is 0 Å². The summed E-state index contributed by atoms with van der Waals surface area (Å²) in [6.45, 7) is 3.20. The molecule has 8 nitrogen and oxygen atoms in total. The van der Waals surface area contributed by atoms with Crippen molar-refractivity contribution in [2.24, 2.45) is 0 Å². The number of carboxylic acid groups (broad SMARTS) is 1. The lowest BCUT2D eigenvalue weighted by molar-refractivity contribution is -0.134. The molecule has 8 heteroatoms. The number of hydrogen-bond donors (Lipinski definition) is 2. The number of oxazole rings is 1. The van der Waals surface area contributed by atoms with Gasteiger partial charge < -0.3 is 14.8 Å². The Bertz CT molecular complexity index is 820. The fourth-order valence-electron chi connectivity index (χ4n) is 3.28. The van der Waals surface area contributed by atoms with E-state index in [0.29, 0.717) is 18.7 Å². The second-order valence-corrected chi connectivity index (χ2v) is 5.96. The van der Waals surface area contributed by atoms with Crippen LogP contribution in [0.2, 0.25) is 0 Å². The largest absolute Gasteiger partial charge is 0.481 e. The molecule has 0 unspecified atom stereocenters. The molecule has 0 aliphatic carbocycles. The third kappa shape index (κ3) is 3.18. The van der Waals surface area contributed by atoms with Gasteiger partial charge in [-0.05, 0) is 18.6 Å². The van der Waals surface area contributed by atoms with E-state index in [1.807, 2.05) is 18.2 Å². The Kier molecular flexibility index (Phi) is 4.39. The van der Waals surface area contributed by atoms with E-state index in [0.717, 1.165) is 25.4 Å². The van der Waals surface area contributed by atoms with Gasteiger partial charge in [0.05, 0.1) is 11.6 Å². The van der Waals surface area contributed by atoms with Crippen LogP contribution >= 0.6 is 0 Å². The van der Waals surface area contributed by atoms with Crippen LogP contribution in [0.5, 0.6) is 0 Å². The minimum absolute atomic E-state index is 0.0196. The number of aliphatic carboxylic acids is 1. The van der Waals surface area contributed by atoms with Gasteiger partial charge in [-0.25, -0.2) is 4.79 Å². The molecule has 2 saturated heterocycles. The number of fused-ring (bicyclic) bond motifs is 3. The van der Waals surface area contributed by atoms with E-state index in [2.05, 4.69) is 10.2 Å². The van der Waals surface area contributed by atoms with Crippen LogP contribution in [0.25, 0.3) is 11.1 Å². The van der Waals surface area contributed by atoms with E-state index in [1.165, 1.54) is 0 Å². The first-order valence-electron chi connectivity index (χ1n) is 7.78. The summed E-state index contributed by atoms with van der Waals surface area (Å²) in [6, 6.07) is 7.67. The standard InChI is InChI=1S/C14H15N3O3.C2H4O2/c18-13-11-7-9(15-13)8-16(11)5-6-17-10-3-1-2-4-12(10)20-14(17)19;1-2(3)4/h1-4,9,11H,5-8H2,(H,15,18);1H3,(H,3,4)/t9-,11-;/m0./s1. The maximum Gasteiger partial charge on any atom is 0.419 e. The van der Waals surface area contributed by atoms with Crippen LogP contribution < -0.4 is 11.1 Å². The molecule has 0 radical (unpaired) electrons. The quantitative estimate of drug-likeness (QED) is 0.835. The summed E-state index contributed by atoms with van der Waals surface area (Å²) in [5, 5.41) is 10.4. The topological polar surface area (TPSA) is 105 Å². The van der Waals surface area contributed by atoms with Crippen LogP contribution in [0.3, 0.4) is 0 Å². The molecule has 128 valence electrons. The number of carboxylic acids is 1. The summed E-state index contributed by atoms with van der Waals surface area (Å²) in [5.41, 5.74) is 1.42. The van der Waals surface area contributed by atoms with Gasteiger partial charge >= 0.3 is 5.76 Å². The molecule has 1 amide bonds. The van der Waals surface area contributed by atoms with E-state index in [9.17, 15) is 9.59 Å². The van der Waals surface area contributed by atoms with Crippen molar-refractivity contribution in [2.75, 3.05) is 13.1 Å². The minimum Gasteiger partial charge on any atom is -0.481 e. The predicted octanol–water partition coefficient (Wildman–Crippen LogP) is 0.258. The molecular weight excluding hydrogens is 314 g/mol. The average molecular weight is 333 g/mol. The monoisotopic (exact) mass is 333 g/mol. The summed E-state index contributed by atoms with van der Waals surface area (Å²) < 4.78 is 6.85. The molecule has 2 N–H and O–H groups in total. The molecule has 0 spiro atoms. The lowest BCUT2D eigenvalue weighted by atomic mass is 10.2. The molecule has 2 atom stereocenters. The van der Waals surface area contributed by atoms with Crippen LogP contribution in [0.15, 0.2) is 33.5 Å². The number of likely N-dealkylation sites (tertiary alicyclic amines) is 1. The highest BCUT2D eigenvalue weighted by Crippen LogP contribution is 2.24. The van der Waals surface area contributed by atoms with Gasteiger partial charge in [0.2, 0.25) is 5.91 Å². The molecule has 1 aromatic carbocycles. The van der Waals surface area contributed by atoms with Crippen molar-refractivity contribution in [3.8, 4) is 0 Å². The van der Waals surface area contributed by atoms with Gasteiger partial charge in [-0.2, -0.15) is 0 Å². The summed E-state index contributed by atoms with van der Waals surface area (Å²) in [4.78, 5) is 34.7. The third-order valence-corrected chi connectivity index (χ3v) is 4.24. The molecule has 2 aliphatic heterocycles. The van der Waals surface area contributed by atoms with Gasteiger partial charge in [0.25, 0.3) is 5.97 Å². The maximum atomic E-state index is 11.9. The second-order valence-electron chi connectivity index (χ2n) is 5.96. The smallest absolute Gasteiger partial charge is 0.419 e. The van der Waals surface area contributed by atoms with E-state index < -0.39 is 5.97 Å². The number of amides is 1. The first-order chi connectivity index (χ1) is 11.5. The SMILES string of the molecule is CC(=O)O.O=C1N[C@H]2C[C@@H]1N(CCn1c(=O)oc3ccccc31)C2. The number of benzene rings is 1. The Morgan fingerprint density at radius 2 is 2.04 bits per heavy atom. The zero-order chi connectivity index (χ0) is 17.3. The zero-order valence-corrected chi connectivity index (χ0v) is 13.3. The highest BCUT2D eigenvalue weighted by Gasteiger charge is 2.43. The number of carbonyl (C=O) groups excluding carboxylic acids is 1. The van der Waals surface area contributed by atoms with Crippen LogP contribution in [-0.4, -0.2) is 51.6 Å². The highest BCUT2D eigenvalue weighted by atomic mass is 16.4. The lowest BCUT2D eigenvalue weighted by Crippen LogP contribution is -2.48. The fraction of sp³-hybridized carbons (Fsp3) is 0.438. The Balaban J connectivity index is 0.000000383. The highest BCUT2D eigenvalue weighted by molar-refractivity contribution is 5.85. The Hall–Kier alpha value is -2.61. The molecule has 2 aromatic rings. The normalized spacial score (nSPS) is 22.3. The summed E-state index contributed by atoms with van der Waals surface area (Å²) in [7, 11) is 0. The second kappa shape index (κ2) is 6.48. The predicted molar refractivity (Wildman–Crippen MR) is 85.7 cm³/mol. The number of para-hydroxylation sites is 2. The van der Waals surface area contributed by atoms with Crippen LogP contribution in [0.1, 0.15) is 13.3 Å². The molecular formula is C16H19N3O5. The molecule has 2 aliphatic rings. The van der Waals surface area contributed by atoms with E-state index in [1.54, 1.807) is 10.6 Å². The van der Waals surface area contributed by atoms with Gasteiger partial charge in [0, 0.05) is 32.6 Å². The lowest BCUT2D eigenvalue weighted by Gasteiger charge is -2.26. The van der Waals surface area contributed by atoms with Gasteiger partial charge in [-0.1, -0.05) is 12.1 Å². The average Bonchev–Trinajstić information content (AvgIpc) is 3.15.